The lowest BCUT2D eigenvalue weighted by molar-refractivity contribution is 0.0335. The van der Waals surface area contributed by atoms with Gasteiger partial charge in [0.2, 0.25) is 0 Å². The molecule has 1 saturated carbocycles. The van der Waals surface area contributed by atoms with Gasteiger partial charge in [-0.15, -0.1) is 0 Å². The molecule has 1 fully saturated rings. The second kappa shape index (κ2) is 11.0. The first-order valence-corrected chi connectivity index (χ1v) is 13.3. The monoisotopic (exact) mass is 488 g/mol. The van der Waals surface area contributed by atoms with Crippen molar-refractivity contribution in [2.75, 3.05) is 11.9 Å². The molecule has 1 aliphatic carbocycles. The van der Waals surface area contributed by atoms with E-state index < -0.39 is 6.10 Å². The zero-order chi connectivity index (χ0) is 25.0. The van der Waals surface area contributed by atoms with Gasteiger partial charge in [-0.2, -0.15) is 0 Å². The van der Waals surface area contributed by atoms with Crippen molar-refractivity contribution < 1.29 is 14.2 Å². The lowest BCUT2D eigenvalue weighted by Gasteiger charge is -2.41. The Morgan fingerprint density at radius 1 is 1.00 bits per heavy atom. The number of para-hydroxylation sites is 1. The minimum atomic E-state index is -0.718. The molecular formula is C31H37FN2O2. The number of aliphatic hydroxyl groups excluding tert-OH is 1. The minimum Gasteiger partial charge on any atom is -0.487 e. The lowest BCUT2D eigenvalue weighted by atomic mass is 9.85. The summed E-state index contributed by atoms with van der Waals surface area (Å²) in [6.07, 6.45) is 6.30. The van der Waals surface area contributed by atoms with Gasteiger partial charge in [-0.1, -0.05) is 61.5 Å². The Labute approximate surface area is 213 Å². The summed E-state index contributed by atoms with van der Waals surface area (Å²) in [6.45, 7) is 2.56. The van der Waals surface area contributed by atoms with Gasteiger partial charge in [0.15, 0.2) is 0 Å². The molecule has 4 nitrogen and oxygen atoms in total. The summed E-state index contributed by atoms with van der Waals surface area (Å²) < 4.78 is 21.0. The molecule has 0 saturated heterocycles. The molecule has 1 spiro atoms. The number of anilines is 1. The molecule has 3 N–H and O–H groups in total. The zero-order valence-electron chi connectivity index (χ0n) is 21.1. The second-order valence-corrected chi connectivity index (χ2v) is 10.4. The van der Waals surface area contributed by atoms with Gasteiger partial charge in [0.25, 0.3) is 0 Å². The third-order valence-corrected chi connectivity index (χ3v) is 7.83. The zero-order valence-corrected chi connectivity index (χ0v) is 21.1. The predicted octanol–water partition coefficient (Wildman–Crippen LogP) is 6.20. The lowest BCUT2D eigenvalue weighted by Crippen LogP contribution is -2.47. The van der Waals surface area contributed by atoms with Gasteiger partial charge in [0, 0.05) is 24.6 Å². The maximum atomic E-state index is 14.5. The Morgan fingerprint density at radius 2 is 1.75 bits per heavy atom. The highest BCUT2D eigenvalue weighted by atomic mass is 19.1. The highest BCUT2D eigenvalue weighted by molar-refractivity contribution is 5.46. The number of hydrogen-bond donors (Lipinski definition) is 3. The summed E-state index contributed by atoms with van der Waals surface area (Å²) in [6, 6.07) is 23.0. The molecule has 1 heterocycles. The molecule has 3 aromatic carbocycles. The summed E-state index contributed by atoms with van der Waals surface area (Å²) in [7, 11) is 0. The van der Waals surface area contributed by atoms with Crippen molar-refractivity contribution in [3.05, 3.63) is 95.3 Å². The highest BCUT2D eigenvalue weighted by Gasteiger charge is 2.43. The normalized spacial score (nSPS) is 19.9. The summed E-state index contributed by atoms with van der Waals surface area (Å²) in [5.41, 5.74) is 3.86. The molecule has 0 bridgehead atoms. The van der Waals surface area contributed by atoms with Gasteiger partial charge in [0.1, 0.15) is 17.2 Å². The molecular weight excluding hydrogens is 451 g/mol. The van der Waals surface area contributed by atoms with Crippen molar-refractivity contribution >= 4 is 5.69 Å². The van der Waals surface area contributed by atoms with Gasteiger partial charge in [0.05, 0.1) is 17.8 Å². The standard InChI is InChI=1S/C31H37FN2O2/c1-2-22-14-15-30-24(18-22)28(20-31(36-30)16-8-9-17-31)33-21-29(35)27(19-23-10-4-3-5-11-23)34-26-13-7-6-12-25(26)32/h3-7,10-15,18,27-29,33-35H,2,8-9,16-17,19-21H2,1H3/t27-,28-,29+/m0/s1. The van der Waals surface area contributed by atoms with E-state index in [1.165, 1.54) is 30.0 Å². The average molecular weight is 489 g/mol. The molecule has 36 heavy (non-hydrogen) atoms. The van der Waals surface area contributed by atoms with Gasteiger partial charge in [-0.25, -0.2) is 4.39 Å². The Bertz CT molecular complexity index is 1150. The van der Waals surface area contributed by atoms with Crippen LogP contribution in [-0.2, 0) is 12.8 Å². The largest absolute Gasteiger partial charge is 0.487 e. The molecule has 0 unspecified atom stereocenters. The molecule has 0 aromatic heterocycles. The van der Waals surface area contributed by atoms with Crippen LogP contribution in [0.1, 0.15) is 61.8 Å². The predicted molar refractivity (Wildman–Crippen MR) is 143 cm³/mol. The van der Waals surface area contributed by atoms with Crippen molar-refractivity contribution in [2.45, 2.75) is 75.7 Å². The van der Waals surface area contributed by atoms with Crippen LogP contribution in [0, 0.1) is 5.82 Å². The number of ether oxygens (including phenoxy) is 1. The highest BCUT2D eigenvalue weighted by Crippen LogP contribution is 2.47. The van der Waals surface area contributed by atoms with Gasteiger partial charge >= 0.3 is 0 Å². The topological polar surface area (TPSA) is 53.5 Å². The van der Waals surface area contributed by atoms with E-state index in [9.17, 15) is 9.50 Å². The van der Waals surface area contributed by atoms with Crippen molar-refractivity contribution in [2.24, 2.45) is 0 Å². The van der Waals surface area contributed by atoms with E-state index in [4.69, 9.17) is 4.74 Å². The number of benzene rings is 3. The molecule has 3 aromatic rings. The summed E-state index contributed by atoms with van der Waals surface area (Å²) >= 11 is 0. The van der Waals surface area contributed by atoms with Gasteiger partial charge < -0.3 is 20.5 Å². The van der Waals surface area contributed by atoms with Crippen LogP contribution in [0.5, 0.6) is 5.75 Å². The average Bonchev–Trinajstić information content (AvgIpc) is 3.35. The number of fused-ring (bicyclic) bond motifs is 1. The Kier molecular flexibility index (Phi) is 7.59. The van der Waals surface area contributed by atoms with Gasteiger partial charge in [-0.05, 0) is 67.9 Å². The Morgan fingerprint density at radius 3 is 2.50 bits per heavy atom. The van der Waals surface area contributed by atoms with Crippen LogP contribution >= 0.6 is 0 Å². The van der Waals surface area contributed by atoms with Crippen LogP contribution in [0.4, 0.5) is 10.1 Å². The van der Waals surface area contributed by atoms with Crippen LogP contribution in [0.2, 0.25) is 0 Å². The molecule has 1 aliphatic heterocycles. The molecule has 0 radical (unpaired) electrons. The Hall–Kier alpha value is -2.89. The fraction of sp³-hybridized carbons (Fsp3) is 0.419. The van der Waals surface area contributed by atoms with E-state index >= 15 is 0 Å². The van der Waals surface area contributed by atoms with E-state index in [0.29, 0.717) is 18.7 Å². The SMILES string of the molecule is CCc1ccc2c(c1)[C@@H](NC[C@@H](O)[C@H](Cc1ccccc1)Nc1ccccc1F)CC1(CCCC1)O2. The van der Waals surface area contributed by atoms with Crippen LogP contribution in [0.25, 0.3) is 0 Å². The number of hydrogen-bond acceptors (Lipinski definition) is 4. The maximum absolute atomic E-state index is 14.5. The van der Waals surface area contributed by atoms with Crippen LogP contribution in [0.15, 0.2) is 72.8 Å². The van der Waals surface area contributed by atoms with Crippen LogP contribution in [-0.4, -0.2) is 29.4 Å². The maximum Gasteiger partial charge on any atom is 0.146 e. The summed E-state index contributed by atoms with van der Waals surface area (Å²) in [5, 5.41) is 18.3. The summed E-state index contributed by atoms with van der Waals surface area (Å²) in [4.78, 5) is 0. The van der Waals surface area contributed by atoms with Crippen molar-refractivity contribution in [1.29, 1.82) is 0 Å². The van der Waals surface area contributed by atoms with E-state index in [-0.39, 0.29) is 23.5 Å². The first-order chi connectivity index (χ1) is 17.5. The first-order valence-electron chi connectivity index (χ1n) is 13.3. The van der Waals surface area contributed by atoms with E-state index in [1.54, 1.807) is 18.2 Å². The van der Waals surface area contributed by atoms with Crippen molar-refractivity contribution in [3.63, 3.8) is 0 Å². The molecule has 5 heteroatoms. The number of rotatable bonds is 9. The molecule has 0 amide bonds. The van der Waals surface area contributed by atoms with Gasteiger partial charge in [-0.3, -0.25) is 0 Å². The molecule has 3 atom stereocenters. The molecule has 190 valence electrons. The third kappa shape index (κ3) is 5.58. The number of aryl methyl sites for hydroxylation is 1. The van der Waals surface area contributed by atoms with E-state index in [2.05, 4.69) is 35.8 Å². The molecule has 5 rings (SSSR count). The smallest absolute Gasteiger partial charge is 0.146 e. The first kappa shape index (κ1) is 24.8. The van der Waals surface area contributed by atoms with E-state index in [0.717, 1.165) is 37.0 Å². The second-order valence-electron chi connectivity index (χ2n) is 10.4. The molecule has 2 aliphatic rings. The van der Waals surface area contributed by atoms with Crippen molar-refractivity contribution in [3.8, 4) is 5.75 Å². The minimum absolute atomic E-state index is 0.110. The fourth-order valence-corrected chi connectivity index (χ4v) is 5.78. The number of aliphatic hydroxyl groups is 1. The van der Waals surface area contributed by atoms with Crippen molar-refractivity contribution in [1.82, 2.24) is 5.32 Å². The van der Waals surface area contributed by atoms with E-state index in [1.807, 2.05) is 30.3 Å². The number of nitrogens with one attached hydrogen (secondary N) is 2. The van der Waals surface area contributed by atoms with Crippen LogP contribution < -0.4 is 15.4 Å². The number of halogens is 1. The third-order valence-electron chi connectivity index (χ3n) is 7.83. The Balaban J connectivity index is 1.35. The quantitative estimate of drug-likeness (QED) is 0.336. The van der Waals surface area contributed by atoms with Crippen LogP contribution in [0.3, 0.4) is 0 Å². The summed E-state index contributed by atoms with van der Waals surface area (Å²) in [5.74, 6) is 0.655. The fourth-order valence-electron chi connectivity index (χ4n) is 5.78.